The van der Waals surface area contributed by atoms with Gasteiger partial charge in [0.05, 0.1) is 23.9 Å². The Hall–Kier alpha value is -5.36. The number of hydrogen-bond donors (Lipinski definition) is 0. The third kappa shape index (κ3) is 4.98. The molecule has 0 saturated carbocycles. The van der Waals surface area contributed by atoms with Crippen molar-refractivity contribution in [3.8, 4) is 0 Å². The fourth-order valence-corrected chi connectivity index (χ4v) is 6.02. The first-order valence-corrected chi connectivity index (χ1v) is 14.9. The van der Waals surface area contributed by atoms with E-state index >= 15 is 0 Å². The zero-order valence-electron chi connectivity index (χ0n) is 24.5. The van der Waals surface area contributed by atoms with Crippen molar-refractivity contribution in [2.24, 2.45) is 9.98 Å². The maximum Gasteiger partial charge on any atom is 0.335 e. The average Bonchev–Trinajstić information content (AvgIpc) is 3.05. The van der Waals surface area contributed by atoms with Gasteiger partial charge in [-0.3, -0.25) is 9.98 Å². The highest BCUT2D eigenvalue weighted by atomic mass is 16.5. The maximum absolute atomic E-state index is 13.0. The van der Waals surface area contributed by atoms with Crippen LogP contribution in [-0.4, -0.2) is 37.2 Å². The van der Waals surface area contributed by atoms with Crippen LogP contribution in [0.3, 0.4) is 0 Å². The standard InChI is InChI=1S/C38H30N2O4/c1-3-43-37(41)35-31(23-11-7-5-8-12-23)19-29-17-25-16-28-22-34-30(18-26(28)15-27(25)21-33(29)39-35)20-32(24-13-9-6-10-14-24)36(40-34)38(42)44-4-2/h5-22,35-36H,3-4H2,1-2H3. The molecule has 216 valence electrons. The molecule has 0 radical (unpaired) electrons. The zero-order valence-corrected chi connectivity index (χ0v) is 24.5. The van der Waals surface area contributed by atoms with Crippen LogP contribution in [0.15, 0.2) is 107 Å². The minimum absolute atomic E-state index is 0.293. The molecule has 2 aliphatic rings. The molecule has 2 heterocycles. The van der Waals surface area contributed by atoms with Gasteiger partial charge in [-0.25, -0.2) is 9.59 Å². The molecule has 44 heavy (non-hydrogen) atoms. The van der Waals surface area contributed by atoms with Gasteiger partial charge in [-0.1, -0.05) is 60.7 Å². The van der Waals surface area contributed by atoms with Crippen molar-refractivity contribution >= 4 is 56.8 Å². The number of carbonyl (C=O) groups is 2. The Kier molecular flexibility index (Phi) is 7.10. The quantitative estimate of drug-likeness (QED) is 0.178. The minimum atomic E-state index is -0.731. The Balaban J connectivity index is 1.38. The highest BCUT2D eigenvalue weighted by Gasteiger charge is 2.29. The van der Waals surface area contributed by atoms with Crippen LogP contribution in [0.25, 0.3) is 44.8 Å². The lowest BCUT2D eigenvalue weighted by molar-refractivity contribution is -0.144. The van der Waals surface area contributed by atoms with E-state index in [-0.39, 0.29) is 11.9 Å². The van der Waals surface area contributed by atoms with Crippen molar-refractivity contribution < 1.29 is 19.1 Å². The molecule has 5 aromatic rings. The second-order valence-electron chi connectivity index (χ2n) is 10.9. The summed E-state index contributed by atoms with van der Waals surface area (Å²) in [5.74, 6) is -0.714. The molecule has 0 aliphatic carbocycles. The van der Waals surface area contributed by atoms with E-state index < -0.39 is 12.1 Å². The van der Waals surface area contributed by atoms with E-state index in [1.165, 1.54) is 0 Å². The third-order valence-electron chi connectivity index (χ3n) is 8.07. The summed E-state index contributed by atoms with van der Waals surface area (Å²) in [6.07, 6.45) is 4.09. The molecule has 0 amide bonds. The van der Waals surface area contributed by atoms with Gasteiger partial charge >= 0.3 is 11.9 Å². The summed E-state index contributed by atoms with van der Waals surface area (Å²) in [4.78, 5) is 35.8. The summed E-state index contributed by atoms with van der Waals surface area (Å²) >= 11 is 0. The number of fused-ring (bicyclic) bond motifs is 4. The fourth-order valence-electron chi connectivity index (χ4n) is 6.02. The molecular weight excluding hydrogens is 548 g/mol. The molecule has 2 unspecified atom stereocenters. The van der Waals surface area contributed by atoms with Gasteiger partial charge in [0, 0.05) is 11.1 Å². The van der Waals surface area contributed by atoms with Crippen LogP contribution >= 0.6 is 0 Å². The molecule has 0 saturated heterocycles. The average molecular weight is 579 g/mol. The second-order valence-corrected chi connectivity index (χ2v) is 10.9. The molecule has 6 heteroatoms. The molecule has 0 spiro atoms. The first-order valence-electron chi connectivity index (χ1n) is 14.9. The van der Waals surface area contributed by atoms with Gasteiger partial charge in [-0.2, -0.15) is 0 Å². The number of carbonyl (C=O) groups excluding carboxylic acids is 2. The van der Waals surface area contributed by atoms with Gasteiger partial charge in [0.15, 0.2) is 12.1 Å². The van der Waals surface area contributed by atoms with Crippen molar-refractivity contribution in [1.82, 2.24) is 0 Å². The van der Waals surface area contributed by atoms with E-state index in [1.54, 1.807) is 13.8 Å². The van der Waals surface area contributed by atoms with E-state index in [1.807, 2.05) is 84.9 Å². The monoisotopic (exact) mass is 578 g/mol. The molecule has 5 aromatic carbocycles. The molecular formula is C38H30N2O4. The summed E-state index contributed by atoms with van der Waals surface area (Å²) < 4.78 is 10.8. The van der Waals surface area contributed by atoms with E-state index in [0.717, 1.165) is 65.7 Å². The molecule has 2 atom stereocenters. The molecule has 0 aromatic heterocycles. The van der Waals surface area contributed by atoms with E-state index in [2.05, 4.69) is 24.3 Å². The summed E-state index contributed by atoms with van der Waals surface area (Å²) in [5.41, 5.74) is 5.39. The first-order chi connectivity index (χ1) is 21.5. The summed E-state index contributed by atoms with van der Waals surface area (Å²) in [5, 5.41) is 5.63. The normalized spacial score (nSPS) is 17.0. The molecule has 0 bridgehead atoms. The van der Waals surface area contributed by atoms with Gasteiger partial charge in [0.2, 0.25) is 0 Å². The predicted octanol–water partition coefficient (Wildman–Crippen LogP) is 6.20. The van der Waals surface area contributed by atoms with Crippen LogP contribution in [0.4, 0.5) is 0 Å². The van der Waals surface area contributed by atoms with Crippen molar-refractivity contribution in [2.75, 3.05) is 13.2 Å². The van der Waals surface area contributed by atoms with E-state index in [4.69, 9.17) is 19.5 Å². The van der Waals surface area contributed by atoms with Crippen molar-refractivity contribution in [2.45, 2.75) is 25.9 Å². The van der Waals surface area contributed by atoms with Crippen molar-refractivity contribution in [1.29, 1.82) is 0 Å². The SMILES string of the molecule is CCOC(=O)C1N=c2cc3cc4cc5c(cc4cc3cc2C=C1c1ccccc1)=NC(C(=O)OCC)C(c1ccccc1)=C5. The van der Waals surface area contributed by atoms with E-state index in [0.29, 0.717) is 13.2 Å². The molecule has 0 fully saturated rings. The van der Waals surface area contributed by atoms with Gasteiger partial charge in [0.25, 0.3) is 0 Å². The maximum atomic E-state index is 13.0. The Morgan fingerprint density at radius 1 is 0.568 bits per heavy atom. The number of esters is 2. The van der Waals surface area contributed by atoms with Crippen molar-refractivity contribution in [3.63, 3.8) is 0 Å². The summed E-state index contributed by atoms with van der Waals surface area (Å²) in [7, 11) is 0. The highest BCUT2D eigenvalue weighted by Crippen LogP contribution is 2.31. The molecule has 0 N–H and O–H groups in total. The van der Waals surface area contributed by atoms with Crippen LogP contribution in [0, 0.1) is 0 Å². The minimum Gasteiger partial charge on any atom is -0.464 e. The first kappa shape index (κ1) is 27.5. The van der Waals surface area contributed by atoms with Gasteiger partial charge in [0.1, 0.15) is 0 Å². The third-order valence-corrected chi connectivity index (χ3v) is 8.07. The number of nitrogens with zero attached hydrogens (tertiary/aromatic N) is 2. The topological polar surface area (TPSA) is 77.3 Å². The van der Waals surface area contributed by atoms with Crippen LogP contribution in [0.5, 0.6) is 0 Å². The smallest absolute Gasteiger partial charge is 0.335 e. The molecule has 6 nitrogen and oxygen atoms in total. The number of rotatable bonds is 6. The lowest BCUT2D eigenvalue weighted by atomic mass is 9.91. The van der Waals surface area contributed by atoms with Gasteiger partial charge in [-0.05, 0) is 106 Å². The van der Waals surface area contributed by atoms with Crippen LogP contribution < -0.4 is 10.7 Å². The number of ether oxygens (including phenoxy) is 2. The van der Waals surface area contributed by atoms with Crippen LogP contribution in [0.1, 0.15) is 36.1 Å². The number of hydrogen-bond acceptors (Lipinski definition) is 6. The lowest BCUT2D eigenvalue weighted by Gasteiger charge is -2.21. The highest BCUT2D eigenvalue weighted by molar-refractivity contribution is 6.04. The predicted molar refractivity (Wildman–Crippen MR) is 173 cm³/mol. The van der Waals surface area contributed by atoms with Gasteiger partial charge in [-0.15, -0.1) is 0 Å². The molecule has 7 rings (SSSR count). The lowest BCUT2D eigenvalue weighted by Crippen LogP contribution is -2.29. The molecule has 2 aliphatic heterocycles. The van der Waals surface area contributed by atoms with Crippen molar-refractivity contribution in [3.05, 3.63) is 130 Å². The Morgan fingerprint density at radius 2 is 0.955 bits per heavy atom. The Bertz CT molecular complexity index is 1980. The largest absolute Gasteiger partial charge is 0.464 e. The van der Waals surface area contributed by atoms with Gasteiger partial charge < -0.3 is 9.47 Å². The Morgan fingerprint density at radius 3 is 1.34 bits per heavy atom. The van der Waals surface area contributed by atoms with Crippen LogP contribution in [-0.2, 0) is 19.1 Å². The second kappa shape index (κ2) is 11.4. The summed E-state index contributed by atoms with van der Waals surface area (Å²) in [6, 6.07) is 30.8. The zero-order chi connectivity index (χ0) is 30.2. The fraction of sp³-hybridized carbons (Fsp3) is 0.158. The summed E-state index contributed by atoms with van der Waals surface area (Å²) in [6.45, 7) is 4.20. The van der Waals surface area contributed by atoms with E-state index in [9.17, 15) is 9.59 Å². The number of benzene rings is 5. The van der Waals surface area contributed by atoms with Crippen LogP contribution in [0.2, 0.25) is 0 Å². The Labute approximate surface area is 254 Å².